The van der Waals surface area contributed by atoms with Crippen LogP contribution >= 0.6 is 0 Å². The average Bonchev–Trinajstić information content (AvgIpc) is 2.78. The summed E-state index contributed by atoms with van der Waals surface area (Å²) in [4.78, 5) is 11.5. The molecule has 0 atom stereocenters. The number of ketones is 1. The second kappa shape index (κ2) is 2.86. The zero-order valence-electron chi connectivity index (χ0n) is 8.37. The lowest BCUT2D eigenvalue weighted by atomic mass is 10.1. The summed E-state index contributed by atoms with van der Waals surface area (Å²) in [6.07, 6.45) is 1.36. The maximum Gasteiger partial charge on any atom is 0.198 e. The van der Waals surface area contributed by atoms with Crippen LogP contribution in [0.2, 0.25) is 0 Å². The zero-order chi connectivity index (χ0) is 10.4. The van der Waals surface area contributed by atoms with Gasteiger partial charge in [0.1, 0.15) is 11.3 Å². The molecule has 3 nitrogen and oxygen atoms in total. The topological polar surface area (TPSA) is 39.4 Å². The van der Waals surface area contributed by atoms with Gasteiger partial charge in [0.2, 0.25) is 0 Å². The first-order chi connectivity index (χ1) is 7.29. The summed E-state index contributed by atoms with van der Waals surface area (Å²) in [5, 5.41) is 1.01. The van der Waals surface area contributed by atoms with Crippen LogP contribution in [0.25, 0.3) is 11.0 Å². The standard InChI is InChI=1S/C12H10O3/c1-14-7-2-5-11-9(6-7)8-3-4-10(13)12(8)15-11/h2,5-6H,3-4H2,1H3. The quantitative estimate of drug-likeness (QED) is 0.713. The Morgan fingerprint density at radius 2 is 2.20 bits per heavy atom. The van der Waals surface area contributed by atoms with Gasteiger partial charge >= 0.3 is 0 Å². The number of carbonyl (C=O) groups excluding carboxylic acids is 1. The molecule has 0 fully saturated rings. The number of methoxy groups -OCH3 is 1. The van der Waals surface area contributed by atoms with Gasteiger partial charge in [-0.05, 0) is 24.6 Å². The molecule has 0 radical (unpaired) electrons. The molecule has 1 aromatic heterocycles. The molecule has 0 spiro atoms. The Labute approximate surface area is 86.6 Å². The summed E-state index contributed by atoms with van der Waals surface area (Å²) >= 11 is 0. The normalized spacial score (nSPS) is 14.6. The minimum absolute atomic E-state index is 0.111. The number of ether oxygens (including phenoxy) is 1. The Balaban J connectivity index is 2.31. The van der Waals surface area contributed by atoms with E-state index >= 15 is 0 Å². The molecule has 3 heteroatoms. The maximum absolute atomic E-state index is 11.5. The predicted octanol–water partition coefficient (Wildman–Crippen LogP) is 2.57. The fourth-order valence-electron chi connectivity index (χ4n) is 2.08. The molecule has 0 bridgehead atoms. The summed E-state index contributed by atoms with van der Waals surface area (Å²) in [5.74, 6) is 1.45. The van der Waals surface area contributed by atoms with Crippen molar-refractivity contribution in [2.75, 3.05) is 7.11 Å². The third-order valence-electron chi connectivity index (χ3n) is 2.85. The SMILES string of the molecule is COc1ccc2oc3c(c2c1)CCC3=O. The molecule has 1 aliphatic rings. The Morgan fingerprint density at radius 3 is 3.00 bits per heavy atom. The van der Waals surface area contributed by atoms with Gasteiger partial charge in [0.05, 0.1) is 7.11 Å². The van der Waals surface area contributed by atoms with Crippen LogP contribution in [0.1, 0.15) is 22.5 Å². The molecule has 0 N–H and O–H groups in total. The number of aryl methyl sites for hydroxylation is 1. The van der Waals surface area contributed by atoms with Gasteiger partial charge in [-0.25, -0.2) is 0 Å². The largest absolute Gasteiger partial charge is 0.497 e. The number of furan rings is 1. The average molecular weight is 202 g/mol. The van der Waals surface area contributed by atoms with Crippen LogP contribution in [0.3, 0.4) is 0 Å². The summed E-state index contributed by atoms with van der Waals surface area (Å²) in [6.45, 7) is 0. The van der Waals surface area contributed by atoms with Gasteiger partial charge in [0.25, 0.3) is 0 Å². The number of Topliss-reactive ketones (excluding diaryl/α,β-unsaturated/α-hetero) is 1. The van der Waals surface area contributed by atoms with E-state index in [4.69, 9.17) is 9.15 Å². The first kappa shape index (κ1) is 8.53. The van der Waals surface area contributed by atoms with Gasteiger partial charge in [-0.3, -0.25) is 4.79 Å². The van der Waals surface area contributed by atoms with Crippen molar-refractivity contribution in [2.45, 2.75) is 12.8 Å². The summed E-state index contributed by atoms with van der Waals surface area (Å²) in [5.41, 5.74) is 1.81. The van der Waals surface area contributed by atoms with Crippen molar-refractivity contribution < 1.29 is 13.9 Å². The molecule has 0 unspecified atom stereocenters. The van der Waals surface area contributed by atoms with Gasteiger partial charge < -0.3 is 9.15 Å². The Kier molecular flexibility index (Phi) is 1.63. The van der Waals surface area contributed by atoms with Gasteiger partial charge in [0.15, 0.2) is 11.5 Å². The first-order valence-corrected chi connectivity index (χ1v) is 4.92. The predicted molar refractivity (Wildman–Crippen MR) is 55.4 cm³/mol. The number of carbonyl (C=O) groups is 1. The second-order valence-electron chi connectivity index (χ2n) is 3.70. The molecule has 3 rings (SSSR count). The molecule has 2 aromatic rings. The van der Waals surface area contributed by atoms with E-state index in [1.807, 2.05) is 18.2 Å². The smallest absolute Gasteiger partial charge is 0.198 e. The summed E-state index contributed by atoms with van der Waals surface area (Å²) in [6, 6.07) is 5.61. The molecule has 0 aliphatic heterocycles. The van der Waals surface area contributed by atoms with E-state index in [0.717, 1.165) is 28.7 Å². The van der Waals surface area contributed by atoms with E-state index in [-0.39, 0.29) is 5.78 Å². The Hall–Kier alpha value is -1.77. The van der Waals surface area contributed by atoms with Crippen molar-refractivity contribution in [1.29, 1.82) is 0 Å². The first-order valence-electron chi connectivity index (χ1n) is 4.92. The highest BCUT2D eigenvalue weighted by atomic mass is 16.5. The van der Waals surface area contributed by atoms with Gasteiger partial charge in [-0.2, -0.15) is 0 Å². The van der Waals surface area contributed by atoms with Crippen LogP contribution in [-0.4, -0.2) is 12.9 Å². The highest BCUT2D eigenvalue weighted by molar-refractivity contribution is 6.03. The van der Waals surface area contributed by atoms with E-state index in [2.05, 4.69) is 0 Å². The molecule has 1 aliphatic carbocycles. The Bertz CT molecular complexity index is 551. The zero-order valence-corrected chi connectivity index (χ0v) is 8.37. The van der Waals surface area contributed by atoms with E-state index in [1.165, 1.54) is 0 Å². The Morgan fingerprint density at radius 1 is 1.33 bits per heavy atom. The lowest BCUT2D eigenvalue weighted by Crippen LogP contribution is -1.87. The van der Waals surface area contributed by atoms with E-state index in [9.17, 15) is 4.79 Å². The van der Waals surface area contributed by atoms with Crippen LogP contribution in [0.15, 0.2) is 22.6 Å². The summed E-state index contributed by atoms with van der Waals surface area (Å²) in [7, 11) is 1.63. The summed E-state index contributed by atoms with van der Waals surface area (Å²) < 4.78 is 10.7. The van der Waals surface area contributed by atoms with Crippen molar-refractivity contribution in [3.05, 3.63) is 29.5 Å². The fourth-order valence-corrected chi connectivity index (χ4v) is 2.08. The van der Waals surface area contributed by atoms with Gasteiger partial charge in [0, 0.05) is 17.4 Å². The maximum atomic E-state index is 11.5. The molecular weight excluding hydrogens is 192 g/mol. The molecule has 0 saturated carbocycles. The molecular formula is C12H10O3. The minimum Gasteiger partial charge on any atom is -0.497 e. The lowest BCUT2D eigenvalue weighted by molar-refractivity contribution is 0.0972. The van der Waals surface area contributed by atoms with Crippen molar-refractivity contribution >= 4 is 16.8 Å². The molecule has 0 amide bonds. The number of rotatable bonds is 1. The van der Waals surface area contributed by atoms with Crippen LogP contribution in [0, 0.1) is 0 Å². The number of hydrogen-bond acceptors (Lipinski definition) is 3. The lowest BCUT2D eigenvalue weighted by Gasteiger charge is -1.98. The van der Waals surface area contributed by atoms with Crippen LogP contribution in [0.5, 0.6) is 5.75 Å². The van der Waals surface area contributed by atoms with Crippen molar-refractivity contribution in [1.82, 2.24) is 0 Å². The van der Waals surface area contributed by atoms with Crippen molar-refractivity contribution in [3.8, 4) is 5.75 Å². The van der Waals surface area contributed by atoms with Gasteiger partial charge in [-0.15, -0.1) is 0 Å². The number of hydrogen-bond donors (Lipinski definition) is 0. The third-order valence-corrected chi connectivity index (χ3v) is 2.85. The third kappa shape index (κ3) is 1.09. The highest BCUT2D eigenvalue weighted by Crippen LogP contribution is 2.34. The van der Waals surface area contributed by atoms with E-state index < -0.39 is 0 Å². The molecule has 76 valence electrons. The van der Waals surface area contributed by atoms with Crippen LogP contribution in [0.4, 0.5) is 0 Å². The number of benzene rings is 1. The molecule has 0 saturated heterocycles. The second-order valence-corrected chi connectivity index (χ2v) is 3.70. The number of fused-ring (bicyclic) bond motifs is 3. The monoisotopic (exact) mass is 202 g/mol. The molecule has 1 heterocycles. The van der Waals surface area contributed by atoms with E-state index in [0.29, 0.717) is 12.2 Å². The molecule has 1 aromatic carbocycles. The fraction of sp³-hybridized carbons (Fsp3) is 0.250. The van der Waals surface area contributed by atoms with Gasteiger partial charge in [-0.1, -0.05) is 0 Å². The minimum atomic E-state index is 0.111. The van der Waals surface area contributed by atoms with Crippen LogP contribution in [-0.2, 0) is 6.42 Å². The highest BCUT2D eigenvalue weighted by Gasteiger charge is 2.26. The molecule has 15 heavy (non-hydrogen) atoms. The van der Waals surface area contributed by atoms with Crippen molar-refractivity contribution in [3.63, 3.8) is 0 Å². The van der Waals surface area contributed by atoms with E-state index in [1.54, 1.807) is 7.11 Å². The van der Waals surface area contributed by atoms with Crippen LogP contribution < -0.4 is 4.74 Å². The van der Waals surface area contributed by atoms with Crippen molar-refractivity contribution in [2.24, 2.45) is 0 Å².